The van der Waals surface area contributed by atoms with Crippen LogP contribution in [0.2, 0.25) is 0 Å². The number of hydrogen-bond donors (Lipinski definition) is 1. The fourth-order valence-electron chi connectivity index (χ4n) is 3.50. The first-order valence-electron chi connectivity index (χ1n) is 9.33. The molecule has 3 aromatic rings. The predicted octanol–water partition coefficient (Wildman–Crippen LogP) is 3.91. The van der Waals surface area contributed by atoms with Gasteiger partial charge in [0, 0.05) is 36.1 Å². The van der Waals surface area contributed by atoms with Gasteiger partial charge in [-0.05, 0) is 24.6 Å². The van der Waals surface area contributed by atoms with Crippen LogP contribution in [-0.4, -0.2) is 45.1 Å². The van der Waals surface area contributed by atoms with E-state index in [1.807, 2.05) is 24.3 Å². The number of nitrogens with zero attached hydrogens (tertiary/aromatic N) is 4. The summed E-state index contributed by atoms with van der Waals surface area (Å²) < 4.78 is 38.4. The first-order chi connectivity index (χ1) is 14.4. The number of aromatic nitrogens is 3. The highest BCUT2D eigenvalue weighted by molar-refractivity contribution is 5.99. The fraction of sp³-hybridized carbons (Fsp3) is 0.238. The van der Waals surface area contributed by atoms with Gasteiger partial charge in [0.2, 0.25) is 5.91 Å². The van der Waals surface area contributed by atoms with Crippen LogP contribution >= 0.6 is 0 Å². The second kappa shape index (κ2) is 7.74. The summed E-state index contributed by atoms with van der Waals surface area (Å²) in [5.41, 5.74) is -0.108. The van der Waals surface area contributed by atoms with Crippen LogP contribution in [0, 0.1) is 0 Å². The Hall–Kier alpha value is -3.49. The molecule has 1 aliphatic rings. The summed E-state index contributed by atoms with van der Waals surface area (Å²) in [4.78, 5) is 17.4. The molecular formula is C21H18F3N5O. The quantitative estimate of drug-likeness (QED) is 0.657. The van der Waals surface area contributed by atoms with Crippen molar-refractivity contribution in [2.75, 3.05) is 18.4 Å². The second-order valence-electron chi connectivity index (χ2n) is 6.99. The molecule has 0 spiro atoms. The van der Waals surface area contributed by atoms with Crippen LogP contribution in [-0.2, 0) is 11.0 Å². The Balaban J connectivity index is 1.64. The van der Waals surface area contributed by atoms with Crippen molar-refractivity contribution in [3.63, 3.8) is 0 Å². The van der Waals surface area contributed by atoms with E-state index < -0.39 is 11.7 Å². The SMILES string of the molecule is C=CC(=O)N1CC[C@H](Nc2nnc(-c3ccc(C(F)(F)F)cn3)c3ccccc23)C1. The molecule has 1 amide bonds. The van der Waals surface area contributed by atoms with Gasteiger partial charge in [0.15, 0.2) is 5.82 Å². The normalized spacial score (nSPS) is 16.6. The second-order valence-corrected chi connectivity index (χ2v) is 6.99. The molecule has 154 valence electrons. The lowest BCUT2D eigenvalue weighted by Gasteiger charge is -2.17. The Morgan fingerprint density at radius 3 is 2.60 bits per heavy atom. The summed E-state index contributed by atoms with van der Waals surface area (Å²) in [5, 5.41) is 13.3. The number of alkyl halides is 3. The Kier molecular flexibility index (Phi) is 5.11. The lowest BCUT2D eigenvalue weighted by Crippen LogP contribution is -2.30. The predicted molar refractivity (Wildman–Crippen MR) is 107 cm³/mol. The number of pyridine rings is 1. The summed E-state index contributed by atoms with van der Waals surface area (Å²) in [7, 11) is 0. The molecule has 0 saturated carbocycles. The molecule has 2 aromatic heterocycles. The van der Waals surface area contributed by atoms with Crippen LogP contribution in [0.25, 0.3) is 22.2 Å². The number of hydrogen-bond acceptors (Lipinski definition) is 5. The number of amides is 1. The molecule has 6 nitrogen and oxygen atoms in total. The molecule has 1 aromatic carbocycles. The Morgan fingerprint density at radius 2 is 1.93 bits per heavy atom. The molecule has 1 fully saturated rings. The first-order valence-corrected chi connectivity index (χ1v) is 9.33. The van der Waals surface area contributed by atoms with Crippen LogP contribution in [0.1, 0.15) is 12.0 Å². The van der Waals surface area contributed by atoms with E-state index in [0.29, 0.717) is 30.3 Å². The maximum atomic E-state index is 12.8. The number of rotatable bonds is 4. The monoisotopic (exact) mass is 413 g/mol. The van der Waals surface area contributed by atoms with Gasteiger partial charge in [-0.15, -0.1) is 10.2 Å². The van der Waals surface area contributed by atoms with Gasteiger partial charge < -0.3 is 10.2 Å². The van der Waals surface area contributed by atoms with Gasteiger partial charge in [0.05, 0.1) is 11.3 Å². The van der Waals surface area contributed by atoms with Crippen LogP contribution in [0.15, 0.2) is 55.3 Å². The van der Waals surface area contributed by atoms with Gasteiger partial charge in [-0.25, -0.2) is 0 Å². The minimum Gasteiger partial charge on any atom is -0.363 e. The van der Waals surface area contributed by atoms with Crippen LogP contribution in [0.5, 0.6) is 0 Å². The van der Waals surface area contributed by atoms with E-state index in [1.54, 1.807) is 4.90 Å². The number of fused-ring (bicyclic) bond motifs is 1. The Bertz CT molecular complexity index is 1100. The summed E-state index contributed by atoms with van der Waals surface area (Å²) in [6, 6.07) is 9.65. The highest BCUT2D eigenvalue weighted by Gasteiger charge is 2.31. The summed E-state index contributed by atoms with van der Waals surface area (Å²) in [5.74, 6) is 0.443. The number of likely N-dealkylation sites (tertiary alicyclic amines) is 1. The number of anilines is 1. The number of halogens is 3. The highest BCUT2D eigenvalue weighted by atomic mass is 19.4. The van der Waals surface area contributed by atoms with E-state index in [-0.39, 0.29) is 11.9 Å². The average Bonchev–Trinajstić information content (AvgIpc) is 3.21. The molecule has 1 atom stereocenters. The van der Waals surface area contributed by atoms with E-state index in [2.05, 4.69) is 27.1 Å². The molecule has 1 N–H and O–H groups in total. The maximum Gasteiger partial charge on any atom is 0.417 e. The molecule has 0 bridgehead atoms. The average molecular weight is 413 g/mol. The van der Waals surface area contributed by atoms with Crippen molar-refractivity contribution in [1.82, 2.24) is 20.1 Å². The maximum absolute atomic E-state index is 12.8. The van der Waals surface area contributed by atoms with Crippen molar-refractivity contribution in [3.8, 4) is 11.4 Å². The van der Waals surface area contributed by atoms with Gasteiger partial charge in [0.25, 0.3) is 0 Å². The molecule has 4 rings (SSSR count). The van der Waals surface area contributed by atoms with E-state index in [0.717, 1.165) is 29.5 Å². The third kappa shape index (κ3) is 3.83. The van der Waals surface area contributed by atoms with E-state index >= 15 is 0 Å². The minimum atomic E-state index is -4.45. The van der Waals surface area contributed by atoms with Crippen LogP contribution < -0.4 is 5.32 Å². The van der Waals surface area contributed by atoms with Gasteiger partial charge in [-0.3, -0.25) is 9.78 Å². The first kappa shape index (κ1) is 19.8. The number of nitrogens with one attached hydrogen (secondary N) is 1. The third-order valence-corrected chi connectivity index (χ3v) is 5.04. The zero-order valence-electron chi connectivity index (χ0n) is 15.9. The Labute approximate surface area is 170 Å². The molecule has 30 heavy (non-hydrogen) atoms. The minimum absolute atomic E-state index is 0.0154. The zero-order valence-corrected chi connectivity index (χ0v) is 15.9. The number of carbonyl (C=O) groups excluding carboxylic acids is 1. The van der Waals surface area contributed by atoms with Crippen molar-refractivity contribution in [1.29, 1.82) is 0 Å². The van der Waals surface area contributed by atoms with Gasteiger partial charge in [-0.2, -0.15) is 13.2 Å². The van der Waals surface area contributed by atoms with Crippen molar-refractivity contribution in [2.45, 2.75) is 18.6 Å². The highest BCUT2D eigenvalue weighted by Crippen LogP contribution is 2.32. The molecule has 3 heterocycles. The summed E-state index contributed by atoms with van der Waals surface area (Å²) >= 11 is 0. The standard InChI is InChI=1S/C21H18F3N5O/c1-2-18(30)29-10-9-14(12-29)26-20-16-6-4-3-5-15(16)19(27-28-20)17-8-7-13(11-25-17)21(22,23)24/h2-8,11,14H,1,9-10,12H2,(H,26,28)/t14-/m0/s1. The smallest absolute Gasteiger partial charge is 0.363 e. The van der Waals surface area contributed by atoms with E-state index in [4.69, 9.17) is 0 Å². The Morgan fingerprint density at radius 1 is 1.17 bits per heavy atom. The van der Waals surface area contributed by atoms with Gasteiger partial charge in [-0.1, -0.05) is 30.8 Å². The topological polar surface area (TPSA) is 71.0 Å². The molecule has 1 saturated heterocycles. The number of carbonyl (C=O) groups is 1. The van der Waals surface area contributed by atoms with Crippen molar-refractivity contribution in [2.24, 2.45) is 0 Å². The van der Waals surface area contributed by atoms with Crippen LogP contribution in [0.4, 0.5) is 19.0 Å². The molecule has 0 radical (unpaired) electrons. The molecule has 9 heteroatoms. The molecular weight excluding hydrogens is 395 g/mol. The molecule has 0 aliphatic carbocycles. The largest absolute Gasteiger partial charge is 0.417 e. The van der Waals surface area contributed by atoms with E-state index in [9.17, 15) is 18.0 Å². The lowest BCUT2D eigenvalue weighted by molar-refractivity contribution is -0.137. The van der Waals surface area contributed by atoms with E-state index in [1.165, 1.54) is 12.1 Å². The lowest BCUT2D eigenvalue weighted by atomic mass is 10.1. The van der Waals surface area contributed by atoms with Gasteiger partial charge >= 0.3 is 6.18 Å². The molecule has 1 aliphatic heterocycles. The summed E-state index contributed by atoms with van der Waals surface area (Å²) in [6.07, 6.45) is -1.60. The fourth-order valence-corrected chi connectivity index (χ4v) is 3.50. The molecule has 0 unspecified atom stereocenters. The van der Waals surface area contributed by atoms with Gasteiger partial charge in [0.1, 0.15) is 5.69 Å². The van der Waals surface area contributed by atoms with Crippen molar-refractivity contribution < 1.29 is 18.0 Å². The van der Waals surface area contributed by atoms with Crippen LogP contribution in [0.3, 0.4) is 0 Å². The zero-order chi connectivity index (χ0) is 21.3. The van der Waals surface area contributed by atoms with Crippen molar-refractivity contribution in [3.05, 3.63) is 60.8 Å². The summed E-state index contributed by atoms with van der Waals surface area (Å²) in [6.45, 7) is 4.67. The van der Waals surface area contributed by atoms with Crippen molar-refractivity contribution >= 4 is 22.5 Å². The number of benzene rings is 1. The third-order valence-electron chi connectivity index (χ3n) is 5.04.